The van der Waals surface area contributed by atoms with E-state index < -0.39 is 0 Å². The monoisotopic (exact) mass is 214 g/mol. The summed E-state index contributed by atoms with van der Waals surface area (Å²) in [6, 6.07) is 9.98. The Kier molecular flexibility index (Phi) is 2.86. The van der Waals surface area contributed by atoms with Crippen molar-refractivity contribution >= 4 is 16.8 Å². The number of carbonyl (C=O) groups is 1. The third-order valence-electron chi connectivity index (χ3n) is 2.46. The Hall–Kier alpha value is -1.90. The van der Waals surface area contributed by atoms with Crippen LogP contribution in [0.1, 0.15) is 18.2 Å². The zero-order valence-corrected chi connectivity index (χ0v) is 9.45. The van der Waals surface area contributed by atoms with Crippen molar-refractivity contribution in [3.05, 3.63) is 41.6 Å². The fraction of sp³-hybridized carbons (Fsp3) is 0.231. The quantitative estimate of drug-likeness (QED) is 0.832. The molecule has 82 valence electrons. The van der Waals surface area contributed by atoms with E-state index in [0.29, 0.717) is 6.54 Å². The van der Waals surface area contributed by atoms with E-state index in [1.54, 1.807) is 0 Å². The zero-order valence-electron chi connectivity index (χ0n) is 9.45. The molecule has 16 heavy (non-hydrogen) atoms. The van der Waals surface area contributed by atoms with Crippen LogP contribution in [0.25, 0.3) is 10.9 Å². The molecule has 0 saturated heterocycles. The zero-order chi connectivity index (χ0) is 11.5. The molecule has 0 fully saturated rings. The van der Waals surface area contributed by atoms with Crippen LogP contribution in [0, 0.1) is 6.92 Å². The molecule has 3 heteroatoms. The highest BCUT2D eigenvalue weighted by atomic mass is 16.1. The van der Waals surface area contributed by atoms with Crippen LogP contribution < -0.4 is 5.32 Å². The standard InChI is InChI=1S/C13H14N2O/c1-9-7-11(8-14-10(2)16)12-5-3-4-6-13(12)15-9/h3-7H,8H2,1-2H3,(H,14,16). The Morgan fingerprint density at radius 3 is 2.88 bits per heavy atom. The first-order valence-corrected chi connectivity index (χ1v) is 5.26. The van der Waals surface area contributed by atoms with E-state index in [1.165, 1.54) is 6.92 Å². The summed E-state index contributed by atoms with van der Waals surface area (Å²) >= 11 is 0. The maximum absolute atomic E-state index is 10.9. The average Bonchev–Trinajstić information content (AvgIpc) is 2.25. The smallest absolute Gasteiger partial charge is 0.217 e. The Morgan fingerprint density at radius 1 is 1.38 bits per heavy atom. The predicted molar refractivity (Wildman–Crippen MR) is 64.0 cm³/mol. The Morgan fingerprint density at radius 2 is 2.12 bits per heavy atom. The summed E-state index contributed by atoms with van der Waals surface area (Å²) in [4.78, 5) is 15.4. The third-order valence-corrected chi connectivity index (χ3v) is 2.46. The molecule has 0 unspecified atom stereocenters. The van der Waals surface area contributed by atoms with Crippen LogP contribution in [-0.2, 0) is 11.3 Å². The number of rotatable bonds is 2. The predicted octanol–water partition coefficient (Wildman–Crippen LogP) is 2.18. The molecule has 1 aromatic carbocycles. The molecule has 1 heterocycles. The maximum atomic E-state index is 10.9. The van der Waals surface area contributed by atoms with Crippen molar-refractivity contribution in [3.8, 4) is 0 Å². The largest absolute Gasteiger partial charge is 0.352 e. The molecule has 1 N–H and O–H groups in total. The number of hydrogen-bond acceptors (Lipinski definition) is 2. The number of para-hydroxylation sites is 1. The van der Waals surface area contributed by atoms with Crippen LogP contribution >= 0.6 is 0 Å². The minimum absolute atomic E-state index is 0.0152. The fourth-order valence-electron chi connectivity index (χ4n) is 1.76. The first-order chi connectivity index (χ1) is 7.66. The molecule has 2 aromatic rings. The van der Waals surface area contributed by atoms with E-state index in [1.807, 2.05) is 37.3 Å². The molecule has 2 rings (SSSR count). The molecule has 0 atom stereocenters. The lowest BCUT2D eigenvalue weighted by atomic mass is 10.1. The van der Waals surface area contributed by atoms with E-state index >= 15 is 0 Å². The van der Waals surface area contributed by atoms with E-state index in [-0.39, 0.29) is 5.91 Å². The van der Waals surface area contributed by atoms with Gasteiger partial charge in [-0.3, -0.25) is 9.78 Å². The van der Waals surface area contributed by atoms with Gasteiger partial charge in [0.25, 0.3) is 0 Å². The van der Waals surface area contributed by atoms with Crippen LogP contribution in [0.3, 0.4) is 0 Å². The Labute approximate surface area is 94.5 Å². The van der Waals surface area contributed by atoms with E-state index in [9.17, 15) is 4.79 Å². The number of hydrogen-bond donors (Lipinski definition) is 1. The lowest BCUT2D eigenvalue weighted by molar-refractivity contribution is -0.119. The van der Waals surface area contributed by atoms with E-state index in [2.05, 4.69) is 10.3 Å². The minimum atomic E-state index is -0.0152. The van der Waals surface area contributed by atoms with Crippen LogP contribution in [-0.4, -0.2) is 10.9 Å². The first-order valence-electron chi connectivity index (χ1n) is 5.26. The number of fused-ring (bicyclic) bond motifs is 1. The highest BCUT2D eigenvalue weighted by molar-refractivity contribution is 5.83. The third kappa shape index (κ3) is 2.19. The van der Waals surface area contributed by atoms with Gasteiger partial charge < -0.3 is 5.32 Å². The molecular formula is C13H14N2O. The summed E-state index contributed by atoms with van der Waals surface area (Å²) in [6.07, 6.45) is 0. The molecule has 0 saturated carbocycles. The highest BCUT2D eigenvalue weighted by Crippen LogP contribution is 2.17. The molecule has 1 amide bonds. The number of nitrogens with one attached hydrogen (secondary N) is 1. The van der Waals surface area contributed by atoms with Gasteiger partial charge in [-0.2, -0.15) is 0 Å². The lowest BCUT2D eigenvalue weighted by Crippen LogP contribution is -2.19. The summed E-state index contributed by atoms with van der Waals surface area (Å²) in [5, 5.41) is 3.91. The number of nitrogens with zero attached hydrogens (tertiary/aromatic N) is 1. The number of amides is 1. The van der Waals surface area contributed by atoms with Gasteiger partial charge in [0.15, 0.2) is 0 Å². The normalized spacial score (nSPS) is 10.4. The van der Waals surface area contributed by atoms with Crippen molar-refractivity contribution in [1.82, 2.24) is 10.3 Å². The molecule has 0 spiro atoms. The van der Waals surface area contributed by atoms with Crippen LogP contribution in [0.15, 0.2) is 30.3 Å². The van der Waals surface area contributed by atoms with Gasteiger partial charge in [0.2, 0.25) is 5.91 Å². The van der Waals surface area contributed by atoms with Crippen molar-refractivity contribution in [2.75, 3.05) is 0 Å². The van der Waals surface area contributed by atoms with E-state index in [4.69, 9.17) is 0 Å². The number of aryl methyl sites for hydroxylation is 1. The average molecular weight is 214 g/mol. The van der Waals surface area contributed by atoms with Gasteiger partial charge in [-0.15, -0.1) is 0 Å². The van der Waals surface area contributed by atoms with Crippen molar-refractivity contribution < 1.29 is 4.79 Å². The van der Waals surface area contributed by atoms with Crippen LogP contribution in [0.2, 0.25) is 0 Å². The second kappa shape index (κ2) is 4.31. The highest BCUT2D eigenvalue weighted by Gasteiger charge is 2.03. The Bertz CT molecular complexity index is 534. The van der Waals surface area contributed by atoms with Crippen molar-refractivity contribution in [1.29, 1.82) is 0 Å². The topological polar surface area (TPSA) is 42.0 Å². The molecule has 0 aliphatic heterocycles. The van der Waals surface area contributed by atoms with Crippen LogP contribution in [0.5, 0.6) is 0 Å². The molecule has 0 radical (unpaired) electrons. The van der Waals surface area contributed by atoms with Gasteiger partial charge in [0, 0.05) is 24.5 Å². The van der Waals surface area contributed by atoms with Crippen molar-refractivity contribution in [2.45, 2.75) is 20.4 Å². The summed E-state index contributed by atoms with van der Waals surface area (Å²) in [5.74, 6) is -0.0152. The second-order valence-corrected chi connectivity index (χ2v) is 3.85. The van der Waals surface area contributed by atoms with Gasteiger partial charge in [-0.25, -0.2) is 0 Å². The number of pyridine rings is 1. The van der Waals surface area contributed by atoms with Crippen molar-refractivity contribution in [2.24, 2.45) is 0 Å². The molecule has 0 bridgehead atoms. The molecule has 3 nitrogen and oxygen atoms in total. The fourth-order valence-corrected chi connectivity index (χ4v) is 1.76. The molecular weight excluding hydrogens is 200 g/mol. The number of aromatic nitrogens is 1. The van der Waals surface area contributed by atoms with Gasteiger partial charge in [-0.1, -0.05) is 18.2 Å². The van der Waals surface area contributed by atoms with Crippen LogP contribution in [0.4, 0.5) is 0 Å². The second-order valence-electron chi connectivity index (χ2n) is 3.85. The van der Waals surface area contributed by atoms with Gasteiger partial charge >= 0.3 is 0 Å². The van der Waals surface area contributed by atoms with Gasteiger partial charge in [0.1, 0.15) is 0 Å². The molecule has 0 aliphatic rings. The summed E-state index contributed by atoms with van der Waals surface area (Å²) < 4.78 is 0. The summed E-state index contributed by atoms with van der Waals surface area (Å²) in [5.41, 5.74) is 3.06. The van der Waals surface area contributed by atoms with Gasteiger partial charge in [0.05, 0.1) is 5.52 Å². The number of benzene rings is 1. The summed E-state index contributed by atoms with van der Waals surface area (Å²) in [7, 11) is 0. The van der Waals surface area contributed by atoms with Crippen molar-refractivity contribution in [3.63, 3.8) is 0 Å². The first kappa shape index (κ1) is 10.6. The number of carbonyl (C=O) groups excluding carboxylic acids is 1. The minimum Gasteiger partial charge on any atom is -0.352 e. The maximum Gasteiger partial charge on any atom is 0.217 e. The van der Waals surface area contributed by atoms with E-state index in [0.717, 1.165) is 22.2 Å². The lowest BCUT2D eigenvalue weighted by Gasteiger charge is -2.08. The molecule has 1 aromatic heterocycles. The summed E-state index contributed by atoms with van der Waals surface area (Å²) in [6.45, 7) is 4.04. The molecule has 0 aliphatic carbocycles. The Balaban J connectivity index is 2.46. The van der Waals surface area contributed by atoms with Gasteiger partial charge in [-0.05, 0) is 24.6 Å². The SMILES string of the molecule is CC(=O)NCc1cc(C)nc2ccccc12.